The van der Waals surface area contributed by atoms with Crippen molar-refractivity contribution >= 4 is 15.9 Å². The molecule has 0 unspecified atom stereocenters. The number of carbonyl (C=O) groups is 1. The Bertz CT molecular complexity index is 600. The molecule has 7 heteroatoms. The molecule has 1 aromatic carbocycles. The minimum Gasteiger partial charge on any atom is -0.349 e. The molecule has 0 fully saturated rings. The normalized spacial score (nSPS) is 12.2. The summed E-state index contributed by atoms with van der Waals surface area (Å²) in [6, 6.07) is 6.54. The van der Waals surface area contributed by atoms with Crippen molar-refractivity contribution in [3.63, 3.8) is 0 Å². The predicted molar refractivity (Wildman–Crippen MR) is 91.5 cm³/mol. The van der Waals surface area contributed by atoms with Gasteiger partial charge in [0, 0.05) is 13.0 Å². The SMILES string of the molecule is CCC(CC)(CN)NC(=O)CCc1ccc(S(=O)(=O)NC)cc1. The number of hydrogen-bond donors (Lipinski definition) is 3. The summed E-state index contributed by atoms with van der Waals surface area (Å²) >= 11 is 0. The fraction of sp³-hybridized carbons (Fsp3) is 0.562. The van der Waals surface area contributed by atoms with Crippen LogP contribution in [0.1, 0.15) is 38.7 Å². The summed E-state index contributed by atoms with van der Waals surface area (Å²) in [6.07, 6.45) is 2.49. The van der Waals surface area contributed by atoms with Crippen molar-refractivity contribution in [3.8, 4) is 0 Å². The zero-order valence-corrected chi connectivity index (χ0v) is 14.9. The predicted octanol–water partition coefficient (Wildman–Crippen LogP) is 1.16. The third-order valence-corrected chi connectivity index (χ3v) is 5.72. The lowest BCUT2D eigenvalue weighted by Gasteiger charge is -2.31. The number of nitrogens with two attached hydrogens (primary N) is 1. The minimum atomic E-state index is -3.42. The van der Waals surface area contributed by atoms with Gasteiger partial charge in [-0.25, -0.2) is 13.1 Å². The van der Waals surface area contributed by atoms with E-state index in [1.807, 2.05) is 13.8 Å². The maximum absolute atomic E-state index is 12.1. The van der Waals surface area contributed by atoms with E-state index < -0.39 is 10.0 Å². The molecule has 23 heavy (non-hydrogen) atoms. The van der Waals surface area contributed by atoms with Gasteiger partial charge < -0.3 is 11.1 Å². The molecule has 0 atom stereocenters. The van der Waals surface area contributed by atoms with Crippen molar-refractivity contribution < 1.29 is 13.2 Å². The Morgan fingerprint density at radius 3 is 2.17 bits per heavy atom. The number of sulfonamides is 1. The van der Waals surface area contributed by atoms with E-state index in [1.54, 1.807) is 24.3 Å². The number of benzene rings is 1. The molecular weight excluding hydrogens is 314 g/mol. The Morgan fingerprint density at radius 2 is 1.74 bits per heavy atom. The van der Waals surface area contributed by atoms with E-state index in [2.05, 4.69) is 10.0 Å². The Balaban J connectivity index is 2.63. The van der Waals surface area contributed by atoms with Crippen molar-refractivity contribution in [2.45, 2.75) is 50.0 Å². The number of carbonyl (C=O) groups excluding carboxylic acids is 1. The third-order valence-electron chi connectivity index (χ3n) is 4.29. The van der Waals surface area contributed by atoms with Gasteiger partial charge >= 0.3 is 0 Å². The molecule has 0 aromatic heterocycles. The summed E-state index contributed by atoms with van der Waals surface area (Å²) in [5.74, 6) is -0.0360. The van der Waals surface area contributed by atoms with Crippen LogP contribution in [-0.2, 0) is 21.2 Å². The van der Waals surface area contributed by atoms with Gasteiger partial charge in [-0.2, -0.15) is 0 Å². The highest BCUT2D eigenvalue weighted by atomic mass is 32.2. The van der Waals surface area contributed by atoms with Gasteiger partial charge in [-0.15, -0.1) is 0 Å². The fourth-order valence-corrected chi connectivity index (χ4v) is 3.07. The fourth-order valence-electron chi connectivity index (χ4n) is 2.34. The molecule has 0 aliphatic carbocycles. The maximum Gasteiger partial charge on any atom is 0.240 e. The largest absolute Gasteiger partial charge is 0.349 e. The molecule has 4 N–H and O–H groups in total. The lowest BCUT2D eigenvalue weighted by molar-refractivity contribution is -0.123. The molecule has 0 saturated carbocycles. The molecule has 1 amide bonds. The minimum absolute atomic E-state index is 0.0360. The first-order valence-electron chi connectivity index (χ1n) is 7.86. The molecule has 0 saturated heterocycles. The van der Waals surface area contributed by atoms with Gasteiger partial charge in [0.25, 0.3) is 0 Å². The average Bonchev–Trinajstić information content (AvgIpc) is 2.58. The summed E-state index contributed by atoms with van der Waals surface area (Å²) < 4.78 is 25.6. The molecule has 0 heterocycles. The zero-order valence-electron chi connectivity index (χ0n) is 14.1. The molecular formula is C16H27N3O3S. The van der Waals surface area contributed by atoms with Crippen LogP contribution in [0.2, 0.25) is 0 Å². The highest BCUT2D eigenvalue weighted by Gasteiger charge is 2.25. The van der Waals surface area contributed by atoms with E-state index in [4.69, 9.17) is 5.73 Å². The summed E-state index contributed by atoms with van der Waals surface area (Å²) in [5, 5.41) is 3.02. The molecule has 1 aromatic rings. The van der Waals surface area contributed by atoms with E-state index in [9.17, 15) is 13.2 Å². The Hall–Kier alpha value is -1.44. The maximum atomic E-state index is 12.1. The van der Waals surface area contributed by atoms with Crippen LogP contribution in [0.25, 0.3) is 0 Å². The van der Waals surface area contributed by atoms with Gasteiger partial charge in [0.1, 0.15) is 0 Å². The monoisotopic (exact) mass is 341 g/mol. The van der Waals surface area contributed by atoms with Gasteiger partial charge in [0.2, 0.25) is 15.9 Å². The second kappa shape index (κ2) is 8.42. The van der Waals surface area contributed by atoms with Gasteiger partial charge in [0.15, 0.2) is 0 Å². The number of hydrogen-bond acceptors (Lipinski definition) is 4. The van der Waals surface area contributed by atoms with Crippen LogP contribution in [-0.4, -0.2) is 33.5 Å². The molecule has 0 radical (unpaired) electrons. The van der Waals surface area contributed by atoms with Crippen LogP contribution < -0.4 is 15.8 Å². The van der Waals surface area contributed by atoms with Crippen LogP contribution in [0.15, 0.2) is 29.2 Å². The van der Waals surface area contributed by atoms with Crippen LogP contribution in [0.3, 0.4) is 0 Å². The third kappa shape index (κ3) is 5.30. The van der Waals surface area contributed by atoms with E-state index in [0.29, 0.717) is 19.4 Å². The second-order valence-corrected chi connectivity index (χ2v) is 7.48. The molecule has 1 rings (SSSR count). The molecule has 6 nitrogen and oxygen atoms in total. The molecule has 130 valence electrons. The Morgan fingerprint density at radius 1 is 1.17 bits per heavy atom. The Labute approximate surface area is 138 Å². The van der Waals surface area contributed by atoms with E-state index in [0.717, 1.165) is 18.4 Å². The van der Waals surface area contributed by atoms with Gasteiger partial charge in [-0.05, 0) is 44.0 Å². The second-order valence-electron chi connectivity index (χ2n) is 5.59. The number of aryl methyl sites for hydroxylation is 1. The van der Waals surface area contributed by atoms with Crippen LogP contribution >= 0.6 is 0 Å². The number of nitrogens with one attached hydrogen (secondary N) is 2. The molecule has 0 aliphatic rings. The quantitative estimate of drug-likeness (QED) is 0.627. The van der Waals surface area contributed by atoms with Crippen LogP contribution in [0, 0.1) is 0 Å². The first-order valence-corrected chi connectivity index (χ1v) is 9.34. The van der Waals surface area contributed by atoms with E-state index in [1.165, 1.54) is 7.05 Å². The van der Waals surface area contributed by atoms with Gasteiger partial charge in [-0.3, -0.25) is 4.79 Å². The highest BCUT2D eigenvalue weighted by molar-refractivity contribution is 7.89. The molecule has 0 bridgehead atoms. The van der Waals surface area contributed by atoms with Crippen molar-refractivity contribution in [2.75, 3.05) is 13.6 Å². The van der Waals surface area contributed by atoms with Crippen molar-refractivity contribution in [2.24, 2.45) is 5.73 Å². The first kappa shape index (κ1) is 19.6. The Kier molecular flexibility index (Phi) is 7.18. The average molecular weight is 341 g/mol. The summed E-state index contributed by atoms with van der Waals surface area (Å²) in [6.45, 7) is 4.44. The first-order chi connectivity index (χ1) is 10.8. The lowest BCUT2D eigenvalue weighted by atomic mass is 9.92. The smallest absolute Gasteiger partial charge is 0.240 e. The summed E-state index contributed by atoms with van der Waals surface area (Å²) in [5.41, 5.74) is 6.36. The number of rotatable bonds is 9. The topological polar surface area (TPSA) is 101 Å². The molecule has 0 spiro atoms. The van der Waals surface area contributed by atoms with Crippen molar-refractivity contribution in [1.82, 2.24) is 10.0 Å². The van der Waals surface area contributed by atoms with Gasteiger partial charge in [0.05, 0.1) is 10.4 Å². The summed E-state index contributed by atoms with van der Waals surface area (Å²) in [7, 11) is -2.05. The summed E-state index contributed by atoms with van der Waals surface area (Å²) in [4.78, 5) is 12.3. The van der Waals surface area contributed by atoms with Crippen molar-refractivity contribution in [1.29, 1.82) is 0 Å². The zero-order chi connectivity index (χ0) is 17.5. The number of amides is 1. The van der Waals surface area contributed by atoms with Crippen LogP contribution in [0.5, 0.6) is 0 Å². The highest BCUT2D eigenvalue weighted by Crippen LogP contribution is 2.15. The van der Waals surface area contributed by atoms with Gasteiger partial charge in [-0.1, -0.05) is 26.0 Å². The standard InChI is InChI=1S/C16H27N3O3S/c1-4-16(5-2,12-17)19-15(20)11-8-13-6-9-14(10-7-13)23(21,22)18-3/h6-7,9-10,18H,4-5,8,11-12,17H2,1-3H3,(H,19,20). The lowest BCUT2D eigenvalue weighted by Crippen LogP contribution is -2.52. The van der Waals surface area contributed by atoms with E-state index in [-0.39, 0.29) is 16.3 Å². The molecule has 0 aliphatic heterocycles. The van der Waals surface area contributed by atoms with Crippen LogP contribution in [0.4, 0.5) is 0 Å². The van der Waals surface area contributed by atoms with Crippen molar-refractivity contribution in [3.05, 3.63) is 29.8 Å². The van der Waals surface area contributed by atoms with E-state index >= 15 is 0 Å².